The van der Waals surface area contributed by atoms with Gasteiger partial charge < -0.3 is 4.90 Å². The quantitative estimate of drug-likeness (QED) is 0.450. The Morgan fingerprint density at radius 1 is 1.54 bits per heavy atom. The molecular formula is C8H13FIN3. The lowest BCUT2D eigenvalue weighted by molar-refractivity contribution is -0.0606. The average Bonchev–Trinajstić information content (AvgIpc) is 2.21. The molecule has 0 bridgehead atoms. The van der Waals surface area contributed by atoms with Crippen LogP contribution in [0.2, 0.25) is 0 Å². The molecule has 0 aromatic heterocycles. The second kappa shape index (κ2) is 2.42. The van der Waals surface area contributed by atoms with Gasteiger partial charge in [-0.2, -0.15) is 5.11 Å². The molecule has 74 valence electrons. The summed E-state index contributed by atoms with van der Waals surface area (Å²) < 4.78 is 12.8. The molecule has 1 heterocycles. The van der Waals surface area contributed by atoms with E-state index in [0.29, 0.717) is 13.0 Å². The van der Waals surface area contributed by atoms with E-state index in [-0.39, 0.29) is 0 Å². The van der Waals surface area contributed by atoms with Crippen molar-refractivity contribution in [2.75, 3.05) is 20.1 Å². The third kappa shape index (κ3) is 0.921. The Morgan fingerprint density at radius 2 is 2.15 bits per heavy atom. The lowest BCUT2D eigenvalue weighted by Gasteiger charge is -2.56. The number of nitrogens with one attached hydrogen (secondary N) is 1. The first-order valence-electron chi connectivity index (χ1n) is 4.32. The minimum atomic E-state index is -1.18. The first-order valence-corrected chi connectivity index (χ1v) is 5.40. The Morgan fingerprint density at radius 3 is 2.54 bits per heavy atom. The molecule has 3 nitrogen and oxygen atoms in total. The summed E-state index contributed by atoms with van der Waals surface area (Å²) in [6.45, 7) is 3.33. The van der Waals surface area contributed by atoms with Gasteiger partial charge in [-0.15, -0.1) is 0 Å². The van der Waals surface area contributed by atoms with Gasteiger partial charge in [-0.25, -0.2) is 9.92 Å². The third-order valence-corrected chi connectivity index (χ3v) is 5.25. The SMILES string of the molecule is CN1C[C@]2(N=N)CC(F)(I)[C@]2(C)C1. The summed E-state index contributed by atoms with van der Waals surface area (Å²) >= 11 is 1.87. The van der Waals surface area contributed by atoms with E-state index in [1.807, 2.05) is 36.6 Å². The number of alkyl halides is 2. The van der Waals surface area contributed by atoms with Gasteiger partial charge in [-0.05, 0) is 29.6 Å². The number of fused-ring (bicyclic) bond motifs is 1. The van der Waals surface area contributed by atoms with E-state index in [1.54, 1.807) is 0 Å². The van der Waals surface area contributed by atoms with Crippen LogP contribution in [0.1, 0.15) is 13.3 Å². The summed E-state index contributed by atoms with van der Waals surface area (Å²) in [6, 6.07) is 0. The van der Waals surface area contributed by atoms with Gasteiger partial charge in [0.25, 0.3) is 0 Å². The number of halogens is 2. The van der Waals surface area contributed by atoms with Crippen LogP contribution < -0.4 is 0 Å². The van der Waals surface area contributed by atoms with Crippen LogP contribution in [0.3, 0.4) is 0 Å². The molecule has 0 aromatic carbocycles. The molecule has 1 saturated heterocycles. The Hall–Kier alpha value is 0.220. The van der Waals surface area contributed by atoms with Gasteiger partial charge in [0.15, 0.2) is 3.68 Å². The summed E-state index contributed by atoms with van der Waals surface area (Å²) in [5.74, 6) is 0. The lowest BCUT2D eigenvalue weighted by Crippen LogP contribution is -2.66. The van der Waals surface area contributed by atoms with Gasteiger partial charge in [-0.3, -0.25) is 0 Å². The van der Waals surface area contributed by atoms with Crippen LogP contribution in [-0.2, 0) is 0 Å². The molecule has 1 N–H and O–H groups in total. The molecular weight excluding hydrogens is 284 g/mol. The highest BCUT2D eigenvalue weighted by atomic mass is 127. The molecule has 0 aromatic rings. The largest absolute Gasteiger partial charge is 0.303 e. The smallest absolute Gasteiger partial charge is 0.172 e. The number of likely N-dealkylation sites (N-methyl/N-ethyl adjacent to an activating group) is 1. The molecule has 2 rings (SSSR count). The van der Waals surface area contributed by atoms with E-state index < -0.39 is 14.6 Å². The van der Waals surface area contributed by atoms with Crippen LogP contribution in [0.25, 0.3) is 0 Å². The third-order valence-electron chi connectivity index (χ3n) is 3.68. The zero-order valence-electron chi connectivity index (χ0n) is 7.77. The van der Waals surface area contributed by atoms with Crippen molar-refractivity contribution < 1.29 is 4.39 Å². The van der Waals surface area contributed by atoms with Crippen molar-refractivity contribution in [3.8, 4) is 0 Å². The number of likely N-dealkylation sites (tertiary alicyclic amines) is 1. The molecule has 1 aliphatic carbocycles. The second-order valence-corrected chi connectivity index (χ2v) is 6.24. The van der Waals surface area contributed by atoms with Crippen molar-refractivity contribution in [2.24, 2.45) is 10.5 Å². The molecule has 0 spiro atoms. The molecule has 5 heteroatoms. The van der Waals surface area contributed by atoms with Crippen LogP contribution in [0.5, 0.6) is 0 Å². The average molecular weight is 297 g/mol. The molecule has 1 aliphatic heterocycles. The van der Waals surface area contributed by atoms with E-state index in [9.17, 15) is 4.39 Å². The number of nitrogens with zero attached hydrogens (tertiary/aromatic N) is 2. The summed E-state index contributed by atoms with van der Waals surface area (Å²) in [6.07, 6.45) is 0.394. The van der Waals surface area contributed by atoms with Gasteiger partial charge in [0.05, 0.1) is 5.41 Å². The van der Waals surface area contributed by atoms with Gasteiger partial charge in [0.1, 0.15) is 5.54 Å². The summed E-state index contributed by atoms with van der Waals surface area (Å²) in [7, 11) is 1.96. The molecule has 13 heavy (non-hydrogen) atoms. The summed E-state index contributed by atoms with van der Waals surface area (Å²) in [4.78, 5) is 2.07. The zero-order valence-corrected chi connectivity index (χ0v) is 9.93. The summed E-state index contributed by atoms with van der Waals surface area (Å²) in [5.41, 5.74) is 6.29. The highest BCUT2D eigenvalue weighted by Gasteiger charge is 2.75. The van der Waals surface area contributed by atoms with E-state index in [0.717, 1.165) is 6.54 Å². The molecule has 2 fully saturated rings. The maximum Gasteiger partial charge on any atom is 0.172 e. The standard InChI is InChI=1S/C8H13FIN3/c1-6-4-13(2)5-7(6,12-11)3-8(6,9)10/h11H,3-5H2,1-2H3/t6-,7-,8?/m1/s1. The Balaban J connectivity index is 2.38. The molecule has 2 aliphatic rings. The van der Waals surface area contributed by atoms with Crippen molar-refractivity contribution in [3.05, 3.63) is 0 Å². The van der Waals surface area contributed by atoms with Crippen molar-refractivity contribution >= 4 is 22.6 Å². The van der Waals surface area contributed by atoms with Crippen LogP contribution >= 0.6 is 22.6 Å². The van der Waals surface area contributed by atoms with Crippen molar-refractivity contribution in [1.82, 2.24) is 4.90 Å². The Labute approximate surface area is 90.7 Å². The molecule has 0 radical (unpaired) electrons. The van der Waals surface area contributed by atoms with Gasteiger partial charge in [-0.1, -0.05) is 6.92 Å². The number of hydrogen-bond donors (Lipinski definition) is 1. The molecule has 0 amide bonds. The fraction of sp³-hybridized carbons (Fsp3) is 1.00. The number of rotatable bonds is 1. The van der Waals surface area contributed by atoms with Crippen molar-refractivity contribution in [1.29, 1.82) is 5.53 Å². The van der Waals surface area contributed by atoms with E-state index in [4.69, 9.17) is 5.53 Å². The fourth-order valence-electron chi connectivity index (χ4n) is 2.72. The minimum absolute atomic E-state index is 0.394. The topological polar surface area (TPSA) is 39.5 Å². The first kappa shape index (κ1) is 9.76. The monoisotopic (exact) mass is 297 g/mol. The normalized spacial score (nSPS) is 55.7. The Bertz CT molecular complexity index is 270. The zero-order chi connectivity index (χ0) is 9.91. The predicted molar refractivity (Wildman–Crippen MR) is 56.0 cm³/mol. The van der Waals surface area contributed by atoms with E-state index >= 15 is 0 Å². The van der Waals surface area contributed by atoms with Gasteiger partial charge in [0.2, 0.25) is 0 Å². The maximum atomic E-state index is 14.0. The fourth-order valence-corrected chi connectivity index (χ4v) is 4.03. The lowest BCUT2D eigenvalue weighted by atomic mass is 9.56. The van der Waals surface area contributed by atoms with Gasteiger partial charge in [0, 0.05) is 19.5 Å². The first-order chi connectivity index (χ1) is 5.87. The van der Waals surface area contributed by atoms with Crippen LogP contribution in [0.15, 0.2) is 5.11 Å². The van der Waals surface area contributed by atoms with Crippen LogP contribution in [0, 0.1) is 10.9 Å². The molecule has 3 atom stereocenters. The molecule has 1 saturated carbocycles. The highest BCUT2D eigenvalue weighted by molar-refractivity contribution is 14.1. The van der Waals surface area contributed by atoms with E-state index in [1.165, 1.54) is 0 Å². The highest BCUT2D eigenvalue weighted by Crippen LogP contribution is 2.67. The van der Waals surface area contributed by atoms with Gasteiger partial charge >= 0.3 is 0 Å². The van der Waals surface area contributed by atoms with Crippen molar-refractivity contribution in [3.63, 3.8) is 0 Å². The Kier molecular flexibility index (Phi) is 1.82. The van der Waals surface area contributed by atoms with Crippen LogP contribution in [-0.4, -0.2) is 34.3 Å². The second-order valence-electron chi connectivity index (χ2n) is 4.53. The maximum absolute atomic E-state index is 14.0. The molecule has 1 unspecified atom stereocenters. The van der Waals surface area contributed by atoms with E-state index in [2.05, 4.69) is 10.0 Å². The minimum Gasteiger partial charge on any atom is -0.303 e. The van der Waals surface area contributed by atoms with Crippen molar-refractivity contribution in [2.45, 2.75) is 22.6 Å². The summed E-state index contributed by atoms with van der Waals surface area (Å²) in [5, 5.41) is 3.67. The predicted octanol–water partition coefficient (Wildman–Crippen LogP) is 2.21. The number of hydrogen-bond acceptors (Lipinski definition) is 3. The van der Waals surface area contributed by atoms with Crippen LogP contribution in [0.4, 0.5) is 4.39 Å².